The maximum Gasteiger partial charge on any atom is 0.137 e. The molecule has 1 aromatic carbocycles. The van der Waals surface area contributed by atoms with E-state index >= 15 is 0 Å². The van der Waals surface area contributed by atoms with E-state index in [0.29, 0.717) is 10.9 Å². The van der Waals surface area contributed by atoms with Gasteiger partial charge in [-0.2, -0.15) is 0 Å². The lowest BCUT2D eigenvalue weighted by Crippen LogP contribution is -2.30. The maximum absolute atomic E-state index is 13.5. The summed E-state index contributed by atoms with van der Waals surface area (Å²) < 4.78 is 14.8. The molecular formula is C13H12Br2FN3. The number of hydrogen-bond acceptors (Lipinski definition) is 3. The summed E-state index contributed by atoms with van der Waals surface area (Å²) in [5, 5.41) is 0. The first-order chi connectivity index (χ1) is 9.11. The summed E-state index contributed by atoms with van der Waals surface area (Å²) in [6.07, 6.45) is 2.25. The molecule has 0 aliphatic rings. The van der Waals surface area contributed by atoms with Crippen LogP contribution in [0.3, 0.4) is 0 Å². The highest BCUT2D eigenvalue weighted by Crippen LogP contribution is 2.25. The standard InChI is InChI=1S/C13H12Br2FN3/c14-9-4-5-11(18-7-9)12(19-17)6-8-2-1-3-10(16)13(8)15/h1-5,7,12,19H,6,17H2. The fraction of sp³-hybridized carbons (Fsp3) is 0.154. The van der Waals surface area contributed by atoms with Crippen molar-refractivity contribution in [3.8, 4) is 0 Å². The number of pyridine rings is 1. The summed E-state index contributed by atoms with van der Waals surface area (Å²) in [6, 6.07) is 8.55. The third-order valence-electron chi connectivity index (χ3n) is 2.76. The maximum atomic E-state index is 13.5. The second kappa shape index (κ2) is 6.56. The van der Waals surface area contributed by atoms with Crippen molar-refractivity contribution in [1.82, 2.24) is 10.4 Å². The van der Waals surface area contributed by atoms with Crippen molar-refractivity contribution in [3.63, 3.8) is 0 Å². The molecule has 100 valence electrons. The second-order valence-corrected chi connectivity index (χ2v) is 5.75. The Balaban J connectivity index is 2.24. The highest BCUT2D eigenvalue weighted by atomic mass is 79.9. The third kappa shape index (κ3) is 3.60. The molecule has 6 heteroatoms. The Bertz CT molecular complexity index is 560. The van der Waals surface area contributed by atoms with E-state index in [1.807, 2.05) is 18.2 Å². The van der Waals surface area contributed by atoms with Gasteiger partial charge in [-0.1, -0.05) is 12.1 Å². The zero-order chi connectivity index (χ0) is 13.8. The zero-order valence-corrected chi connectivity index (χ0v) is 13.1. The average Bonchev–Trinajstić information content (AvgIpc) is 2.42. The molecule has 3 N–H and O–H groups in total. The SMILES string of the molecule is NNC(Cc1cccc(F)c1Br)c1ccc(Br)cn1. The summed E-state index contributed by atoms with van der Waals surface area (Å²) in [6.45, 7) is 0. The lowest BCUT2D eigenvalue weighted by atomic mass is 10.0. The largest absolute Gasteiger partial charge is 0.271 e. The van der Waals surface area contributed by atoms with Crippen LogP contribution in [0.4, 0.5) is 4.39 Å². The molecule has 1 aromatic heterocycles. The van der Waals surface area contributed by atoms with Crippen LogP contribution in [0.15, 0.2) is 45.5 Å². The lowest BCUT2D eigenvalue weighted by Gasteiger charge is -2.16. The van der Waals surface area contributed by atoms with Gasteiger partial charge in [0.05, 0.1) is 16.2 Å². The molecule has 0 saturated carbocycles. The van der Waals surface area contributed by atoms with Gasteiger partial charge in [-0.15, -0.1) is 0 Å². The average molecular weight is 389 g/mol. The molecule has 0 amide bonds. The first-order valence-electron chi connectivity index (χ1n) is 5.62. The Hall–Kier alpha value is -0.820. The number of benzene rings is 1. The van der Waals surface area contributed by atoms with Crippen LogP contribution in [0.1, 0.15) is 17.3 Å². The summed E-state index contributed by atoms with van der Waals surface area (Å²) in [5.41, 5.74) is 4.36. The monoisotopic (exact) mass is 387 g/mol. The Morgan fingerprint density at radius 3 is 2.68 bits per heavy atom. The summed E-state index contributed by atoms with van der Waals surface area (Å²) in [7, 11) is 0. The zero-order valence-electron chi connectivity index (χ0n) is 9.91. The number of rotatable bonds is 4. The number of aromatic nitrogens is 1. The molecule has 1 heterocycles. The van der Waals surface area contributed by atoms with E-state index < -0.39 is 0 Å². The van der Waals surface area contributed by atoms with Crippen molar-refractivity contribution >= 4 is 31.9 Å². The van der Waals surface area contributed by atoms with Crippen molar-refractivity contribution in [2.24, 2.45) is 5.84 Å². The van der Waals surface area contributed by atoms with E-state index in [0.717, 1.165) is 15.7 Å². The van der Waals surface area contributed by atoms with Crippen molar-refractivity contribution in [2.45, 2.75) is 12.5 Å². The van der Waals surface area contributed by atoms with Crippen LogP contribution in [0.2, 0.25) is 0 Å². The molecule has 2 aromatic rings. The fourth-order valence-corrected chi connectivity index (χ4v) is 2.43. The predicted octanol–water partition coefficient (Wildman–Crippen LogP) is 3.49. The molecule has 2 rings (SSSR count). The van der Waals surface area contributed by atoms with E-state index in [4.69, 9.17) is 5.84 Å². The number of nitrogens with two attached hydrogens (primary N) is 1. The van der Waals surface area contributed by atoms with Gasteiger partial charge in [0.15, 0.2) is 0 Å². The smallest absolute Gasteiger partial charge is 0.137 e. The molecule has 0 saturated heterocycles. The molecule has 0 radical (unpaired) electrons. The van der Waals surface area contributed by atoms with Gasteiger partial charge in [0.1, 0.15) is 5.82 Å². The van der Waals surface area contributed by atoms with Crippen LogP contribution in [-0.4, -0.2) is 4.98 Å². The molecule has 3 nitrogen and oxygen atoms in total. The first-order valence-corrected chi connectivity index (χ1v) is 7.21. The van der Waals surface area contributed by atoms with E-state index in [1.165, 1.54) is 6.07 Å². The van der Waals surface area contributed by atoms with Crippen molar-refractivity contribution in [3.05, 3.63) is 62.5 Å². The van der Waals surface area contributed by atoms with E-state index in [-0.39, 0.29) is 11.9 Å². The van der Waals surface area contributed by atoms with Crippen LogP contribution in [0, 0.1) is 5.82 Å². The van der Waals surface area contributed by atoms with Crippen LogP contribution in [0.5, 0.6) is 0 Å². The van der Waals surface area contributed by atoms with E-state index in [9.17, 15) is 4.39 Å². The van der Waals surface area contributed by atoms with Crippen LogP contribution in [-0.2, 0) is 6.42 Å². The van der Waals surface area contributed by atoms with Gasteiger partial charge in [-0.05, 0) is 62.0 Å². The molecule has 0 aliphatic heterocycles. The second-order valence-electron chi connectivity index (χ2n) is 4.04. The minimum Gasteiger partial charge on any atom is -0.271 e. The van der Waals surface area contributed by atoms with Crippen LogP contribution >= 0.6 is 31.9 Å². The Kier molecular flexibility index (Phi) is 5.04. The molecule has 1 unspecified atom stereocenters. The van der Waals surface area contributed by atoms with Crippen LogP contribution < -0.4 is 11.3 Å². The topological polar surface area (TPSA) is 50.9 Å². The summed E-state index contributed by atoms with van der Waals surface area (Å²) in [5.74, 6) is 5.29. The highest BCUT2D eigenvalue weighted by Gasteiger charge is 2.15. The number of hydrazine groups is 1. The number of hydrogen-bond donors (Lipinski definition) is 2. The minimum atomic E-state index is -0.281. The first kappa shape index (κ1) is 14.6. The summed E-state index contributed by atoms with van der Waals surface area (Å²) in [4.78, 5) is 4.30. The minimum absolute atomic E-state index is 0.175. The van der Waals surface area contributed by atoms with Gasteiger partial charge in [-0.3, -0.25) is 16.3 Å². The van der Waals surface area contributed by atoms with E-state index in [2.05, 4.69) is 42.3 Å². The third-order valence-corrected chi connectivity index (χ3v) is 4.12. The van der Waals surface area contributed by atoms with Gasteiger partial charge >= 0.3 is 0 Å². The quantitative estimate of drug-likeness (QED) is 0.622. The molecular weight excluding hydrogens is 377 g/mol. The van der Waals surface area contributed by atoms with Gasteiger partial charge in [0.25, 0.3) is 0 Å². The van der Waals surface area contributed by atoms with Gasteiger partial charge in [-0.25, -0.2) is 4.39 Å². The molecule has 1 atom stereocenters. The normalized spacial score (nSPS) is 12.4. The van der Waals surface area contributed by atoms with Crippen molar-refractivity contribution in [1.29, 1.82) is 0 Å². The predicted molar refractivity (Wildman–Crippen MR) is 79.8 cm³/mol. The van der Waals surface area contributed by atoms with E-state index in [1.54, 1.807) is 12.3 Å². The number of halogens is 3. The van der Waals surface area contributed by atoms with Crippen molar-refractivity contribution < 1.29 is 4.39 Å². The van der Waals surface area contributed by atoms with Gasteiger partial charge < -0.3 is 0 Å². The molecule has 0 aliphatic carbocycles. The Morgan fingerprint density at radius 1 is 1.26 bits per heavy atom. The van der Waals surface area contributed by atoms with Gasteiger partial charge in [0.2, 0.25) is 0 Å². The lowest BCUT2D eigenvalue weighted by molar-refractivity contribution is 0.534. The molecule has 0 bridgehead atoms. The molecule has 0 spiro atoms. The Labute approximate surface area is 127 Å². The molecule has 19 heavy (non-hydrogen) atoms. The fourth-order valence-electron chi connectivity index (χ4n) is 1.77. The number of nitrogens with one attached hydrogen (secondary N) is 1. The van der Waals surface area contributed by atoms with Gasteiger partial charge in [0, 0.05) is 10.7 Å². The summed E-state index contributed by atoms with van der Waals surface area (Å²) >= 11 is 6.58. The Morgan fingerprint density at radius 2 is 2.05 bits per heavy atom. The van der Waals surface area contributed by atoms with Crippen molar-refractivity contribution in [2.75, 3.05) is 0 Å². The molecule has 0 fully saturated rings. The highest BCUT2D eigenvalue weighted by molar-refractivity contribution is 9.10. The van der Waals surface area contributed by atoms with Crippen LogP contribution in [0.25, 0.3) is 0 Å². The number of nitrogens with zero attached hydrogens (tertiary/aromatic N) is 1.